The number of hydrogen-bond acceptors (Lipinski definition) is 3. The zero-order valence-electron chi connectivity index (χ0n) is 40.7. The maximum absolute atomic E-state index is 5.56. The molecule has 0 saturated heterocycles. The van der Waals surface area contributed by atoms with Crippen LogP contribution in [0.5, 0.6) is 0 Å². The topological polar surface area (TPSA) is 84.5 Å². The van der Waals surface area contributed by atoms with Gasteiger partial charge in [0.25, 0.3) is 0 Å². The Morgan fingerprint density at radius 1 is 0.319 bits per heavy atom. The number of nitrogens with zero attached hydrogens (tertiary/aromatic N) is 3. The molecule has 13 rings (SSSR count). The van der Waals surface area contributed by atoms with Gasteiger partial charge in [-0.2, -0.15) is 0 Å². The SMILES string of the molecule is CC(C)(C)c1ccc(C2=c3cc4ccc5c(c4[nH]3)N=C(C=5)C(c3ccc(C(C)(C)C)cc3)=c3cc4ccc5c(c4[nH]3)N=C(C=5)C(c3ccc(C(C)(C)C)cc3)=c3cc4ccc5c(c4[nH]3)N=C2C=5)cc1. The number of hydrogen-bond donors (Lipinski definition) is 3. The van der Waals surface area contributed by atoms with Crippen LogP contribution >= 0.6 is 0 Å². The van der Waals surface area contributed by atoms with Crippen LogP contribution in [0.2, 0.25) is 0 Å². The maximum Gasteiger partial charge on any atom is 0.0951 e. The Bertz CT molecular complexity index is 3790. The number of H-pyrrole nitrogens is 3. The molecule has 6 heteroatoms. The van der Waals surface area contributed by atoms with Crippen LogP contribution in [0, 0.1) is 0 Å². The van der Waals surface area contributed by atoms with Gasteiger partial charge in [0.2, 0.25) is 0 Å². The molecular formula is C63H54N6. The fourth-order valence-electron chi connectivity index (χ4n) is 10.7. The van der Waals surface area contributed by atoms with E-state index in [1.165, 1.54) is 16.7 Å². The van der Waals surface area contributed by atoms with Crippen molar-refractivity contribution < 1.29 is 0 Å². The Hall–Kier alpha value is -7.83. The van der Waals surface area contributed by atoms with Crippen LogP contribution in [0.4, 0.5) is 17.1 Å². The highest BCUT2D eigenvalue weighted by Crippen LogP contribution is 2.34. The van der Waals surface area contributed by atoms with Crippen LogP contribution in [-0.4, -0.2) is 32.1 Å². The standard InChI is InChI=1S/C63H54N6/c1-61(2,3)43-22-16-34(17-23-43)52-46-28-37-10-12-39-30-48(66-57(39)55(37)64-46)53(35-18-24-44(25-19-35)62(4,5)6)50-32-41-14-15-42-33-51(69-60(42)59(41)68-50)54(36-20-26-45(27-21-36)63(7,8)9)49-31-40-13-11-38-29-47(52)65-56(38)58(40)67-49/h10-33,64,67-68H,1-9H3. The molecule has 9 aromatic rings. The summed E-state index contributed by atoms with van der Waals surface area (Å²) in [6, 6.07) is 47.2. The minimum atomic E-state index is 0.0176. The van der Waals surface area contributed by atoms with Crippen LogP contribution in [0.25, 0.3) is 67.7 Å². The van der Waals surface area contributed by atoms with E-state index in [9.17, 15) is 0 Å². The van der Waals surface area contributed by atoms with Gasteiger partial charge in [0, 0.05) is 64.6 Å². The molecule has 6 aromatic carbocycles. The molecule has 0 saturated carbocycles. The Balaban J connectivity index is 1.14. The van der Waals surface area contributed by atoms with Crippen LogP contribution in [0.3, 0.4) is 0 Å². The first-order valence-corrected chi connectivity index (χ1v) is 24.3. The summed E-state index contributed by atoms with van der Waals surface area (Å²) in [4.78, 5) is 28.5. The van der Waals surface area contributed by atoms with Gasteiger partial charge < -0.3 is 15.0 Å². The van der Waals surface area contributed by atoms with Crippen molar-refractivity contribution in [3.63, 3.8) is 0 Å². The lowest BCUT2D eigenvalue weighted by molar-refractivity contribution is 0.590. The number of benzene rings is 6. The highest BCUT2D eigenvalue weighted by molar-refractivity contribution is 6.42. The van der Waals surface area contributed by atoms with Gasteiger partial charge in [-0.05, 0) is 86.1 Å². The highest BCUT2D eigenvalue weighted by atomic mass is 14.9. The van der Waals surface area contributed by atoms with Crippen molar-refractivity contribution in [1.29, 1.82) is 0 Å². The molecule has 3 aromatic heterocycles. The number of fused-ring (bicyclic) bond motifs is 3. The predicted octanol–water partition coefficient (Wildman–Crippen LogP) is 10.6. The molecule has 0 amide bonds. The number of nitrogens with one attached hydrogen (secondary N) is 3. The van der Waals surface area contributed by atoms with Crippen molar-refractivity contribution in [1.82, 2.24) is 15.0 Å². The van der Waals surface area contributed by atoms with E-state index in [4.69, 9.17) is 15.0 Å². The second kappa shape index (κ2) is 14.3. The summed E-state index contributed by atoms with van der Waals surface area (Å²) in [6.07, 6.45) is 6.74. The van der Waals surface area contributed by atoms with Crippen molar-refractivity contribution in [3.05, 3.63) is 192 Å². The molecule has 3 N–H and O–H groups in total. The maximum atomic E-state index is 5.56. The molecule has 0 aliphatic carbocycles. The zero-order valence-corrected chi connectivity index (χ0v) is 40.7. The third-order valence-corrected chi connectivity index (χ3v) is 14.7. The summed E-state index contributed by atoms with van der Waals surface area (Å²) in [5.74, 6) is 0. The molecule has 0 radical (unpaired) electrons. The summed E-state index contributed by atoms with van der Waals surface area (Å²) in [5, 5.41) is 9.52. The molecule has 336 valence electrons. The lowest BCUT2D eigenvalue weighted by Gasteiger charge is -2.19. The van der Waals surface area contributed by atoms with Crippen LogP contribution in [0.1, 0.15) is 95.7 Å². The first kappa shape index (κ1) is 41.4. The van der Waals surface area contributed by atoms with E-state index >= 15 is 0 Å². The summed E-state index contributed by atoms with van der Waals surface area (Å²) in [6.45, 7) is 20.4. The predicted molar refractivity (Wildman–Crippen MR) is 290 cm³/mol. The van der Waals surface area contributed by atoms with Gasteiger partial charge in [0.1, 0.15) is 0 Å². The molecule has 4 aliphatic rings. The molecule has 0 spiro atoms. The van der Waals surface area contributed by atoms with E-state index < -0.39 is 0 Å². The molecular weight excluding hydrogens is 841 g/mol. The average Bonchev–Trinajstić information content (AvgIpc) is 4.17. The smallest absolute Gasteiger partial charge is 0.0951 e. The van der Waals surface area contributed by atoms with Crippen molar-refractivity contribution in [2.45, 2.75) is 78.6 Å². The van der Waals surface area contributed by atoms with Gasteiger partial charge >= 0.3 is 0 Å². The van der Waals surface area contributed by atoms with Crippen molar-refractivity contribution >= 4 is 102 Å². The van der Waals surface area contributed by atoms with Gasteiger partial charge in [-0.25, -0.2) is 15.0 Å². The van der Waals surface area contributed by atoms with E-state index in [2.05, 4.69) is 223 Å². The van der Waals surface area contributed by atoms with Gasteiger partial charge in [0.05, 0.1) is 50.7 Å². The first-order valence-electron chi connectivity index (χ1n) is 24.3. The normalized spacial score (nSPS) is 15.3. The number of rotatable bonds is 3. The molecule has 6 nitrogen and oxygen atoms in total. The van der Waals surface area contributed by atoms with Crippen molar-refractivity contribution in [2.24, 2.45) is 15.0 Å². The summed E-state index contributed by atoms with van der Waals surface area (Å²) < 4.78 is 0. The van der Waals surface area contributed by atoms with E-state index in [0.29, 0.717) is 0 Å². The first-order chi connectivity index (χ1) is 33.0. The van der Waals surface area contributed by atoms with E-state index in [0.717, 1.165) is 132 Å². The molecule has 0 unspecified atom stereocenters. The number of aliphatic imine (C=N–C) groups is 3. The average molecular weight is 895 g/mol. The summed E-state index contributed by atoms with van der Waals surface area (Å²) >= 11 is 0. The number of aromatic nitrogens is 3. The Morgan fingerprint density at radius 2 is 0.580 bits per heavy atom. The Morgan fingerprint density at radius 3 is 0.826 bits per heavy atom. The van der Waals surface area contributed by atoms with Crippen LogP contribution < -0.4 is 31.7 Å². The summed E-state index contributed by atoms with van der Waals surface area (Å²) in [7, 11) is 0. The monoisotopic (exact) mass is 894 g/mol. The van der Waals surface area contributed by atoms with Gasteiger partial charge in [-0.1, -0.05) is 172 Å². The van der Waals surface area contributed by atoms with Crippen LogP contribution in [-0.2, 0) is 16.2 Å². The fraction of sp³-hybridized carbons (Fsp3) is 0.190. The van der Waals surface area contributed by atoms with E-state index in [1.54, 1.807) is 0 Å². The Kier molecular flexibility index (Phi) is 8.60. The number of aromatic amines is 3. The molecule has 0 fully saturated rings. The minimum absolute atomic E-state index is 0.0176. The molecule has 12 bridgehead atoms. The van der Waals surface area contributed by atoms with Gasteiger partial charge in [-0.15, -0.1) is 0 Å². The molecule has 69 heavy (non-hydrogen) atoms. The quantitative estimate of drug-likeness (QED) is 0.158. The molecule has 4 aliphatic heterocycles. The third-order valence-electron chi connectivity index (χ3n) is 14.7. The Labute approximate surface area is 401 Å². The third kappa shape index (κ3) is 6.64. The van der Waals surface area contributed by atoms with Crippen molar-refractivity contribution in [2.75, 3.05) is 0 Å². The fourth-order valence-corrected chi connectivity index (χ4v) is 10.7. The minimum Gasteiger partial charge on any atom is -0.353 e. The summed E-state index contributed by atoms with van der Waals surface area (Å²) in [5.41, 5.74) is 18.9. The highest BCUT2D eigenvalue weighted by Gasteiger charge is 2.25. The zero-order chi connectivity index (χ0) is 47.3. The van der Waals surface area contributed by atoms with Crippen LogP contribution in [0.15, 0.2) is 142 Å². The lowest BCUT2D eigenvalue weighted by Crippen LogP contribution is -2.15. The molecule has 0 atom stereocenters. The van der Waals surface area contributed by atoms with Gasteiger partial charge in [0.15, 0.2) is 0 Å². The second-order valence-electron chi connectivity index (χ2n) is 22.5. The van der Waals surface area contributed by atoms with Crippen molar-refractivity contribution in [3.8, 4) is 0 Å². The largest absolute Gasteiger partial charge is 0.353 e. The molecule has 7 heterocycles. The van der Waals surface area contributed by atoms with E-state index in [1.807, 2.05) is 0 Å². The second-order valence-corrected chi connectivity index (χ2v) is 22.5. The lowest BCUT2D eigenvalue weighted by atomic mass is 9.86. The van der Waals surface area contributed by atoms with Gasteiger partial charge in [-0.3, -0.25) is 0 Å². The van der Waals surface area contributed by atoms with E-state index in [-0.39, 0.29) is 16.2 Å².